The van der Waals surface area contributed by atoms with E-state index < -0.39 is 20.7 Å². The predicted octanol–water partition coefficient (Wildman–Crippen LogP) is 3.74. The molecule has 1 aliphatic rings. The van der Waals surface area contributed by atoms with Crippen molar-refractivity contribution < 1.29 is 27.1 Å². The molecule has 5 rings (SSSR count). The molecule has 0 atom stereocenters. The molecule has 1 aliphatic heterocycles. The Morgan fingerprint density at radius 2 is 1.74 bits per heavy atom. The van der Waals surface area contributed by atoms with E-state index >= 15 is 0 Å². The number of halogens is 1. The number of nitrogens with one attached hydrogen (secondary N) is 1. The van der Waals surface area contributed by atoms with Crippen molar-refractivity contribution in [3.63, 3.8) is 0 Å². The van der Waals surface area contributed by atoms with E-state index in [0.29, 0.717) is 54.2 Å². The second-order valence-corrected chi connectivity index (χ2v) is 11.7. The van der Waals surface area contributed by atoms with E-state index in [9.17, 15) is 22.4 Å². The maximum Gasteiger partial charge on any atom is 0.264 e. The molecule has 0 saturated carbocycles. The van der Waals surface area contributed by atoms with Gasteiger partial charge in [-0.15, -0.1) is 0 Å². The average Bonchev–Trinajstić information content (AvgIpc) is 2.99. The fourth-order valence-corrected chi connectivity index (χ4v) is 5.89. The van der Waals surface area contributed by atoms with Crippen LogP contribution in [0.15, 0.2) is 72.0 Å². The van der Waals surface area contributed by atoms with Gasteiger partial charge in [-0.1, -0.05) is 12.1 Å². The van der Waals surface area contributed by atoms with Crippen molar-refractivity contribution in [2.24, 2.45) is 0 Å². The molecule has 2 aromatic heterocycles. The summed E-state index contributed by atoms with van der Waals surface area (Å²) >= 11 is 0. The van der Waals surface area contributed by atoms with Gasteiger partial charge in [-0.3, -0.25) is 14.3 Å². The van der Waals surface area contributed by atoms with Crippen molar-refractivity contribution in [2.75, 3.05) is 42.9 Å². The summed E-state index contributed by atoms with van der Waals surface area (Å²) in [6.45, 7) is 5.03. The van der Waals surface area contributed by atoms with Crippen LogP contribution in [0, 0.1) is 12.7 Å². The fourth-order valence-electron chi connectivity index (χ4n) is 4.78. The van der Waals surface area contributed by atoms with Gasteiger partial charge in [0.25, 0.3) is 10.0 Å². The highest BCUT2D eigenvalue weighted by Crippen LogP contribution is 2.33. The van der Waals surface area contributed by atoms with Crippen molar-refractivity contribution in [1.29, 1.82) is 0 Å². The van der Waals surface area contributed by atoms with E-state index in [1.165, 1.54) is 44.6 Å². The number of benzene rings is 2. The van der Waals surface area contributed by atoms with E-state index in [-0.39, 0.29) is 23.3 Å². The van der Waals surface area contributed by atoms with Crippen LogP contribution in [0.2, 0.25) is 0 Å². The van der Waals surface area contributed by atoms with Crippen LogP contribution >= 0.6 is 0 Å². The summed E-state index contributed by atoms with van der Waals surface area (Å²) in [5.41, 5.74) is 2.63. The van der Waals surface area contributed by atoms with Gasteiger partial charge in [0.15, 0.2) is 5.78 Å². The lowest BCUT2D eigenvalue weighted by molar-refractivity contribution is -0.126. The monoisotopic (exact) mass is 604 g/mol. The molecule has 0 radical (unpaired) electrons. The van der Waals surface area contributed by atoms with Gasteiger partial charge >= 0.3 is 0 Å². The van der Waals surface area contributed by atoms with Crippen LogP contribution in [-0.4, -0.2) is 73.2 Å². The number of hydrogen-bond donors (Lipinski definition) is 1. The van der Waals surface area contributed by atoms with Gasteiger partial charge < -0.3 is 14.5 Å². The number of anilines is 2. The number of carbonyl (C=O) groups excluding carboxylic acids is 2. The van der Waals surface area contributed by atoms with Crippen LogP contribution in [0.5, 0.6) is 5.88 Å². The van der Waals surface area contributed by atoms with Crippen LogP contribution in [-0.2, 0) is 19.6 Å². The van der Waals surface area contributed by atoms with Gasteiger partial charge in [0.05, 0.1) is 12.6 Å². The average molecular weight is 605 g/mol. The van der Waals surface area contributed by atoms with Crippen LogP contribution in [0.1, 0.15) is 12.5 Å². The minimum absolute atomic E-state index is 0.0234. The molecule has 4 aromatic rings. The lowest BCUT2D eigenvalue weighted by Gasteiger charge is -2.35. The minimum atomic E-state index is -4.29. The zero-order valence-electron chi connectivity index (χ0n) is 23.7. The lowest BCUT2D eigenvalue weighted by atomic mass is 10.0. The Bertz CT molecular complexity index is 1860. The molecule has 1 fully saturated rings. The van der Waals surface area contributed by atoms with Crippen LogP contribution in [0.25, 0.3) is 22.0 Å². The summed E-state index contributed by atoms with van der Waals surface area (Å²) in [4.78, 5) is 40.0. The smallest absolute Gasteiger partial charge is 0.264 e. The van der Waals surface area contributed by atoms with E-state index in [2.05, 4.69) is 24.6 Å². The minimum Gasteiger partial charge on any atom is -0.480 e. The Kier molecular flexibility index (Phi) is 8.35. The molecule has 0 aliphatic carbocycles. The van der Waals surface area contributed by atoms with Gasteiger partial charge in [0, 0.05) is 49.4 Å². The van der Waals surface area contributed by atoms with Gasteiger partial charge in [-0.25, -0.2) is 27.8 Å². The summed E-state index contributed by atoms with van der Waals surface area (Å²) in [6.07, 6.45) is 5.58. The Hall–Kier alpha value is -4.91. The van der Waals surface area contributed by atoms with E-state index in [1.807, 2.05) is 18.2 Å². The molecule has 1 saturated heterocycles. The highest BCUT2D eigenvalue weighted by Gasteiger charge is 2.24. The van der Waals surface area contributed by atoms with Crippen molar-refractivity contribution in [3.05, 3.63) is 78.5 Å². The van der Waals surface area contributed by atoms with Crippen molar-refractivity contribution in [3.8, 4) is 17.0 Å². The zero-order valence-corrected chi connectivity index (χ0v) is 24.6. The molecule has 3 heterocycles. The summed E-state index contributed by atoms with van der Waals surface area (Å²) in [5.74, 6) is -0.554. The first-order valence-electron chi connectivity index (χ1n) is 13.4. The summed E-state index contributed by atoms with van der Waals surface area (Å²) in [5, 5.41) is 0.760. The second-order valence-electron chi connectivity index (χ2n) is 10.0. The number of aryl methyl sites for hydroxylation is 1. The third-order valence-corrected chi connectivity index (χ3v) is 8.36. The number of piperazine rings is 1. The normalized spacial score (nSPS) is 13.9. The first-order chi connectivity index (χ1) is 20.6. The number of nitrogens with zero attached hydrogens (tertiary/aromatic N) is 5. The first-order valence-corrected chi connectivity index (χ1v) is 14.8. The quantitative estimate of drug-likeness (QED) is 0.299. The molecular formula is C30H29FN6O5S. The Morgan fingerprint density at radius 1 is 0.977 bits per heavy atom. The maximum atomic E-state index is 14.5. The molecule has 2 aromatic carbocycles. The zero-order chi connectivity index (χ0) is 30.7. The molecule has 1 N–H and O–H groups in total. The van der Waals surface area contributed by atoms with Crippen LogP contribution in [0.3, 0.4) is 0 Å². The molecule has 11 nitrogen and oxygen atoms in total. The number of hydrogen-bond acceptors (Lipinski definition) is 9. The number of methoxy groups -OCH3 is 1. The van der Waals surface area contributed by atoms with E-state index in [4.69, 9.17) is 4.74 Å². The molecule has 0 unspecified atom stereocenters. The molecule has 1 amide bonds. The summed E-state index contributed by atoms with van der Waals surface area (Å²) in [7, 11) is -2.93. The van der Waals surface area contributed by atoms with Crippen LogP contribution < -0.4 is 14.4 Å². The maximum absolute atomic E-state index is 14.5. The van der Waals surface area contributed by atoms with Gasteiger partial charge in [0.2, 0.25) is 11.8 Å². The van der Waals surface area contributed by atoms with Gasteiger partial charge in [-0.2, -0.15) is 0 Å². The lowest BCUT2D eigenvalue weighted by Crippen LogP contribution is -2.48. The van der Waals surface area contributed by atoms with Gasteiger partial charge in [0.1, 0.15) is 28.5 Å². The standard InChI is InChI=1S/C30H29FN6O5S/c1-19-4-8-27(24(31)14-19)43(40,41)35-26-16-22(17-32-30(26)42-3)21-6-7-25-23(15-21)29(34-18-33-25)37-12-10-36(11-13-37)28(39)9-5-20(2)38/h4-9,14-18,35H,10-13H2,1-3H3/b9-5+. The SMILES string of the molecule is COc1ncc(-c2ccc3ncnc(N4CCN(C(=O)/C=C/C(C)=O)CC4)c3c2)cc1NS(=O)(=O)c1ccc(C)cc1F. The largest absolute Gasteiger partial charge is 0.480 e. The topological polar surface area (TPSA) is 135 Å². The number of ketones is 1. The number of amides is 1. The van der Waals surface area contributed by atoms with Crippen molar-refractivity contribution in [1.82, 2.24) is 19.9 Å². The fraction of sp³-hybridized carbons (Fsp3) is 0.233. The van der Waals surface area contributed by atoms with Crippen molar-refractivity contribution in [2.45, 2.75) is 18.7 Å². The highest BCUT2D eigenvalue weighted by atomic mass is 32.2. The second kappa shape index (κ2) is 12.1. The number of carbonyl (C=O) groups is 2. The number of aromatic nitrogens is 3. The summed E-state index contributed by atoms with van der Waals surface area (Å²) < 4.78 is 48.4. The molecule has 43 heavy (non-hydrogen) atoms. The Morgan fingerprint density at radius 3 is 2.44 bits per heavy atom. The van der Waals surface area contributed by atoms with E-state index in [0.717, 1.165) is 11.5 Å². The molecule has 13 heteroatoms. The molecule has 0 spiro atoms. The molecular weight excluding hydrogens is 575 g/mol. The Labute approximate surface area is 248 Å². The molecule has 0 bridgehead atoms. The number of allylic oxidation sites excluding steroid dienone is 1. The predicted molar refractivity (Wildman–Crippen MR) is 160 cm³/mol. The number of sulfonamides is 1. The number of fused-ring (bicyclic) bond motifs is 1. The van der Waals surface area contributed by atoms with Crippen molar-refractivity contribution >= 4 is 44.1 Å². The first kappa shape index (κ1) is 29.6. The number of rotatable bonds is 8. The summed E-state index contributed by atoms with van der Waals surface area (Å²) in [6, 6.07) is 11.0. The number of ether oxygens (including phenoxy) is 1. The third-order valence-electron chi connectivity index (χ3n) is 6.96. The van der Waals surface area contributed by atoms with Gasteiger partial charge in [-0.05, 0) is 61.4 Å². The highest BCUT2D eigenvalue weighted by molar-refractivity contribution is 7.92. The third kappa shape index (κ3) is 6.46. The van der Waals surface area contributed by atoms with E-state index in [1.54, 1.807) is 24.1 Å². The Balaban J connectivity index is 1.43. The molecule has 222 valence electrons. The van der Waals surface area contributed by atoms with Crippen LogP contribution in [0.4, 0.5) is 15.9 Å². The number of pyridine rings is 1.